The van der Waals surface area contributed by atoms with Gasteiger partial charge in [-0.05, 0) is 37.8 Å². The molecular weight excluding hydrogens is 308 g/mol. The maximum absolute atomic E-state index is 10.3. The van der Waals surface area contributed by atoms with E-state index in [1.165, 1.54) is 0 Å². The molecule has 2 aliphatic heterocycles. The van der Waals surface area contributed by atoms with Crippen LogP contribution in [0.2, 0.25) is 0 Å². The fraction of sp³-hybridized carbons (Fsp3) is 0.588. The number of aromatic nitrogens is 3. The molecule has 7 nitrogen and oxygen atoms in total. The number of nitrogens with zero attached hydrogens (tertiary/aromatic N) is 4. The molecular formula is C17H22N4O3. The van der Waals surface area contributed by atoms with Gasteiger partial charge >= 0.3 is 0 Å². The van der Waals surface area contributed by atoms with Crippen molar-refractivity contribution in [2.45, 2.75) is 43.9 Å². The zero-order chi connectivity index (χ0) is 16.4. The van der Waals surface area contributed by atoms with Crippen LogP contribution in [0.25, 0.3) is 11.4 Å². The van der Waals surface area contributed by atoms with E-state index in [1.54, 1.807) is 12.4 Å². The van der Waals surface area contributed by atoms with Gasteiger partial charge in [0.2, 0.25) is 11.7 Å². The normalized spacial score (nSPS) is 24.3. The summed E-state index contributed by atoms with van der Waals surface area (Å²) in [5, 5.41) is 14.3. The van der Waals surface area contributed by atoms with E-state index in [2.05, 4.69) is 20.0 Å². The molecule has 0 aliphatic carbocycles. The van der Waals surface area contributed by atoms with Crippen LogP contribution in [0.3, 0.4) is 0 Å². The summed E-state index contributed by atoms with van der Waals surface area (Å²) in [6, 6.07) is 3.72. The summed E-state index contributed by atoms with van der Waals surface area (Å²) in [4.78, 5) is 10.7. The Morgan fingerprint density at radius 1 is 1.25 bits per heavy atom. The van der Waals surface area contributed by atoms with Gasteiger partial charge in [0.1, 0.15) is 0 Å². The smallest absolute Gasteiger partial charge is 0.241 e. The van der Waals surface area contributed by atoms with Crippen LogP contribution in [0.5, 0.6) is 0 Å². The van der Waals surface area contributed by atoms with Gasteiger partial charge in [0.15, 0.2) is 0 Å². The van der Waals surface area contributed by atoms with E-state index in [1.807, 2.05) is 12.1 Å². The number of piperidine rings is 1. The molecule has 1 N–H and O–H groups in total. The third kappa shape index (κ3) is 3.07. The lowest BCUT2D eigenvalue weighted by molar-refractivity contribution is -0.177. The number of aliphatic hydroxyl groups excluding tert-OH is 1. The molecule has 4 rings (SSSR count). The second kappa shape index (κ2) is 6.58. The van der Waals surface area contributed by atoms with Crippen molar-refractivity contribution in [2.75, 3.05) is 19.7 Å². The van der Waals surface area contributed by atoms with Gasteiger partial charge in [-0.3, -0.25) is 9.88 Å². The fourth-order valence-electron chi connectivity index (χ4n) is 3.61. The summed E-state index contributed by atoms with van der Waals surface area (Å²) in [5.41, 5.74) is 0.558. The maximum Gasteiger partial charge on any atom is 0.241 e. The van der Waals surface area contributed by atoms with E-state index in [0.717, 1.165) is 50.9 Å². The molecule has 0 saturated carbocycles. The van der Waals surface area contributed by atoms with Gasteiger partial charge in [0, 0.05) is 37.7 Å². The molecule has 2 aliphatic rings. The predicted octanol–water partition coefficient (Wildman–Crippen LogP) is 1.64. The number of rotatable bonds is 3. The van der Waals surface area contributed by atoms with Crippen molar-refractivity contribution in [1.82, 2.24) is 20.0 Å². The van der Waals surface area contributed by atoms with Crippen molar-refractivity contribution in [3.63, 3.8) is 0 Å². The average Bonchev–Trinajstić information content (AvgIpc) is 3.09. The summed E-state index contributed by atoms with van der Waals surface area (Å²) in [6.45, 7) is 3.12. The minimum absolute atomic E-state index is 0.338. The van der Waals surface area contributed by atoms with Crippen LogP contribution in [0.15, 0.2) is 29.0 Å². The van der Waals surface area contributed by atoms with E-state index >= 15 is 0 Å². The highest BCUT2D eigenvalue weighted by atomic mass is 16.5. The van der Waals surface area contributed by atoms with Crippen LogP contribution in [0, 0.1) is 0 Å². The molecule has 1 atom stereocenters. The molecule has 7 heteroatoms. The molecule has 2 fully saturated rings. The number of pyridine rings is 1. The Balaban J connectivity index is 1.37. The van der Waals surface area contributed by atoms with Gasteiger partial charge in [-0.2, -0.15) is 4.98 Å². The summed E-state index contributed by atoms with van der Waals surface area (Å²) in [7, 11) is 0. The molecule has 128 valence electrons. The monoisotopic (exact) mass is 330 g/mol. The molecule has 1 spiro atoms. The third-order valence-corrected chi connectivity index (χ3v) is 5.09. The van der Waals surface area contributed by atoms with Gasteiger partial charge in [0.25, 0.3) is 0 Å². The number of likely N-dealkylation sites (tertiary alicyclic amines) is 1. The Bertz CT molecular complexity index is 667. The topological polar surface area (TPSA) is 84.5 Å². The molecule has 2 aromatic rings. The Kier molecular flexibility index (Phi) is 4.30. The molecule has 0 aromatic carbocycles. The maximum atomic E-state index is 10.3. The van der Waals surface area contributed by atoms with Gasteiger partial charge < -0.3 is 14.4 Å². The number of hydrogen-bond donors (Lipinski definition) is 1. The van der Waals surface area contributed by atoms with Gasteiger partial charge in [0.05, 0.1) is 18.2 Å². The van der Waals surface area contributed by atoms with Crippen LogP contribution < -0.4 is 0 Å². The van der Waals surface area contributed by atoms with Crippen LogP contribution in [0.4, 0.5) is 0 Å². The van der Waals surface area contributed by atoms with E-state index in [4.69, 9.17) is 9.26 Å². The quantitative estimate of drug-likeness (QED) is 0.915. The Hall–Kier alpha value is -1.83. The van der Waals surface area contributed by atoms with Crippen LogP contribution >= 0.6 is 0 Å². The summed E-state index contributed by atoms with van der Waals surface area (Å²) >= 11 is 0. The standard InChI is InChI=1S/C17H22N4O3/c22-14-2-1-11-23-17(14)5-9-21(10-6-17)12-15-19-16(20-24-15)13-3-7-18-8-4-13/h3-4,7-8,14,22H,1-2,5-6,9-12H2/t14-/m1/s1. The molecule has 4 heterocycles. The Labute approximate surface area is 140 Å². The SMILES string of the molecule is O[C@@H]1CCCOC12CCN(Cc1nc(-c3ccncc3)no1)CC2. The van der Waals surface area contributed by atoms with E-state index < -0.39 is 0 Å². The Morgan fingerprint density at radius 3 is 2.79 bits per heavy atom. The van der Waals surface area contributed by atoms with Crippen LogP contribution in [-0.4, -0.2) is 56.5 Å². The second-order valence-corrected chi connectivity index (χ2v) is 6.60. The molecule has 0 bridgehead atoms. The minimum atomic E-state index is -0.341. The second-order valence-electron chi connectivity index (χ2n) is 6.60. The third-order valence-electron chi connectivity index (χ3n) is 5.09. The largest absolute Gasteiger partial charge is 0.390 e. The molecule has 2 saturated heterocycles. The van der Waals surface area contributed by atoms with E-state index in [-0.39, 0.29) is 11.7 Å². The van der Waals surface area contributed by atoms with Crippen LogP contribution in [0.1, 0.15) is 31.6 Å². The van der Waals surface area contributed by atoms with Crippen molar-refractivity contribution in [1.29, 1.82) is 0 Å². The minimum Gasteiger partial charge on any atom is -0.390 e. The first kappa shape index (κ1) is 15.7. The highest BCUT2D eigenvalue weighted by molar-refractivity contribution is 5.52. The lowest BCUT2D eigenvalue weighted by atomic mass is 9.82. The highest BCUT2D eigenvalue weighted by Gasteiger charge is 2.43. The average molecular weight is 330 g/mol. The van der Waals surface area contributed by atoms with E-state index in [0.29, 0.717) is 18.3 Å². The van der Waals surface area contributed by atoms with Crippen molar-refractivity contribution in [2.24, 2.45) is 0 Å². The molecule has 0 amide bonds. The number of hydrogen-bond acceptors (Lipinski definition) is 7. The highest BCUT2D eigenvalue weighted by Crippen LogP contribution is 2.35. The van der Waals surface area contributed by atoms with Gasteiger partial charge in [-0.25, -0.2) is 0 Å². The summed E-state index contributed by atoms with van der Waals surface area (Å²) in [5.74, 6) is 1.20. The summed E-state index contributed by atoms with van der Waals surface area (Å²) in [6.07, 6.45) is 6.58. The van der Waals surface area contributed by atoms with Crippen molar-refractivity contribution < 1.29 is 14.4 Å². The van der Waals surface area contributed by atoms with Crippen molar-refractivity contribution >= 4 is 0 Å². The molecule has 0 radical (unpaired) electrons. The first-order valence-electron chi connectivity index (χ1n) is 8.53. The summed E-state index contributed by atoms with van der Waals surface area (Å²) < 4.78 is 11.3. The lowest BCUT2D eigenvalue weighted by Crippen LogP contribution is -2.55. The number of aliphatic hydroxyl groups is 1. The van der Waals surface area contributed by atoms with E-state index in [9.17, 15) is 5.11 Å². The zero-order valence-electron chi connectivity index (χ0n) is 13.6. The Morgan fingerprint density at radius 2 is 2.04 bits per heavy atom. The predicted molar refractivity (Wildman–Crippen MR) is 86.0 cm³/mol. The first-order valence-corrected chi connectivity index (χ1v) is 8.53. The number of ether oxygens (including phenoxy) is 1. The molecule has 24 heavy (non-hydrogen) atoms. The van der Waals surface area contributed by atoms with Crippen LogP contribution in [-0.2, 0) is 11.3 Å². The molecule has 2 aromatic heterocycles. The van der Waals surface area contributed by atoms with Crippen molar-refractivity contribution in [3.8, 4) is 11.4 Å². The first-order chi connectivity index (χ1) is 11.8. The fourth-order valence-corrected chi connectivity index (χ4v) is 3.61. The zero-order valence-corrected chi connectivity index (χ0v) is 13.6. The van der Waals surface area contributed by atoms with Gasteiger partial charge in [-0.1, -0.05) is 5.16 Å². The van der Waals surface area contributed by atoms with Gasteiger partial charge in [-0.15, -0.1) is 0 Å². The van der Waals surface area contributed by atoms with Crippen molar-refractivity contribution in [3.05, 3.63) is 30.4 Å². The lowest BCUT2D eigenvalue weighted by Gasteiger charge is -2.46. The molecule has 0 unspecified atom stereocenters.